The van der Waals surface area contributed by atoms with Crippen molar-refractivity contribution in [2.75, 3.05) is 4.90 Å². The Morgan fingerprint density at radius 1 is 1.09 bits per heavy atom. The van der Waals surface area contributed by atoms with Gasteiger partial charge in [0, 0.05) is 24.2 Å². The molecule has 2 aromatic rings. The Kier molecular flexibility index (Phi) is 6.62. The number of benzene rings is 1. The predicted molar refractivity (Wildman–Crippen MR) is 109 cm³/mol. The Hall–Kier alpha value is -2.87. The topological polar surface area (TPSA) is 62.7 Å². The number of urea groups is 1. The Morgan fingerprint density at radius 2 is 1.67 bits per heavy atom. The van der Waals surface area contributed by atoms with E-state index in [1.807, 2.05) is 0 Å². The van der Waals surface area contributed by atoms with E-state index in [0.717, 1.165) is 41.0 Å². The van der Waals surface area contributed by atoms with E-state index in [0.29, 0.717) is 5.56 Å². The third-order valence-electron chi connectivity index (χ3n) is 4.48. The molecule has 1 aliphatic heterocycles. The second-order valence-electron chi connectivity index (χ2n) is 6.78. The first-order chi connectivity index (χ1) is 15.2. The van der Waals surface area contributed by atoms with Gasteiger partial charge in [0.2, 0.25) is 5.72 Å². The van der Waals surface area contributed by atoms with Crippen molar-refractivity contribution in [1.29, 1.82) is 0 Å². The van der Waals surface area contributed by atoms with Gasteiger partial charge in [-0.3, -0.25) is 14.8 Å². The van der Waals surface area contributed by atoms with Crippen LogP contribution < -0.4 is 4.90 Å². The molecule has 0 N–H and O–H groups in total. The lowest BCUT2D eigenvalue weighted by Crippen LogP contribution is -2.51. The zero-order valence-electron chi connectivity index (χ0n) is 16.5. The summed E-state index contributed by atoms with van der Waals surface area (Å²) in [7, 11) is 0. The lowest BCUT2D eigenvalue weighted by molar-refractivity contribution is -0.215. The van der Waals surface area contributed by atoms with Gasteiger partial charge < -0.3 is 4.74 Å². The number of aromatic nitrogens is 1. The van der Waals surface area contributed by atoms with Gasteiger partial charge in [-0.1, -0.05) is 12.2 Å². The molecule has 0 unspecified atom stereocenters. The van der Waals surface area contributed by atoms with Gasteiger partial charge in [0.25, 0.3) is 0 Å². The van der Waals surface area contributed by atoms with Crippen molar-refractivity contribution in [3.05, 3.63) is 54.4 Å². The number of carbonyl (C=O) groups is 2. The maximum Gasteiger partial charge on any atom is 0.491 e. The maximum absolute atomic E-state index is 13.2. The average Bonchev–Trinajstić information content (AvgIpc) is 2.88. The molecule has 1 aliphatic rings. The van der Waals surface area contributed by atoms with Gasteiger partial charge in [-0.2, -0.15) is 26.3 Å². The normalized spacial score (nSPS) is 19.2. The molecule has 1 aromatic heterocycles. The average molecular weight is 509 g/mol. The minimum Gasteiger partial charge on any atom is -0.425 e. The van der Waals surface area contributed by atoms with Crippen LogP contribution >= 0.6 is 24.0 Å². The standard InChI is InChI=1S/C19H13F6N3O3S2/c1-17(31-15(29)18(20,21)22)14(32)28(12-2-4-13(5-3-12)33-19(23,24)25)16(30)27(17)10-11-6-8-26-9-7-11/h2-9H,10H2,1H3/t17-/m0/s1. The molecule has 14 heteroatoms. The smallest absolute Gasteiger partial charge is 0.425 e. The molecule has 1 atom stereocenters. The Bertz CT molecular complexity index is 1060. The summed E-state index contributed by atoms with van der Waals surface area (Å²) in [5, 5.41) is 0. The van der Waals surface area contributed by atoms with Crippen LogP contribution in [-0.4, -0.2) is 44.3 Å². The number of esters is 1. The van der Waals surface area contributed by atoms with Crippen molar-refractivity contribution in [3.8, 4) is 0 Å². The fourth-order valence-corrected chi connectivity index (χ4v) is 3.84. The SMILES string of the molecule is C[C@]1(OC(=O)C(F)(F)F)C(=S)N(c2ccc(SC(F)(F)F)cc2)C(=O)N1Cc1ccncc1. The second kappa shape index (κ2) is 8.82. The number of rotatable bonds is 5. The zero-order valence-corrected chi connectivity index (χ0v) is 18.1. The highest BCUT2D eigenvalue weighted by Crippen LogP contribution is 2.40. The number of thiocarbonyl (C=S) groups is 1. The van der Waals surface area contributed by atoms with Crippen LogP contribution in [0.4, 0.5) is 36.8 Å². The predicted octanol–water partition coefficient (Wildman–Crippen LogP) is 5.28. The van der Waals surface area contributed by atoms with Crippen LogP contribution in [0.5, 0.6) is 0 Å². The van der Waals surface area contributed by atoms with E-state index in [1.54, 1.807) is 0 Å². The van der Waals surface area contributed by atoms with Crippen LogP contribution in [0.1, 0.15) is 12.5 Å². The lowest BCUT2D eigenvalue weighted by Gasteiger charge is -2.32. The minimum atomic E-state index is -5.35. The quantitative estimate of drug-likeness (QED) is 0.237. The number of hydrogen-bond donors (Lipinski definition) is 0. The molecule has 0 aliphatic carbocycles. The van der Waals surface area contributed by atoms with E-state index in [2.05, 4.69) is 9.72 Å². The number of carbonyl (C=O) groups excluding carboxylic acids is 2. The van der Waals surface area contributed by atoms with E-state index < -0.39 is 34.4 Å². The zero-order chi connectivity index (χ0) is 24.6. The number of pyridine rings is 1. The third kappa shape index (κ3) is 5.38. The largest absolute Gasteiger partial charge is 0.491 e. The van der Waals surface area contributed by atoms with Gasteiger partial charge in [0.15, 0.2) is 4.99 Å². The maximum atomic E-state index is 13.2. The summed E-state index contributed by atoms with van der Waals surface area (Å²) < 4.78 is 81.1. The number of nitrogens with zero attached hydrogens (tertiary/aromatic N) is 3. The molecule has 0 saturated carbocycles. The number of alkyl halides is 6. The van der Waals surface area contributed by atoms with E-state index in [-0.39, 0.29) is 28.9 Å². The number of anilines is 1. The molecule has 2 amide bonds. The summed E-state index contributed by atoms with van der Waals surface area (Å²) in [5.41, 5.74) is -6.40. The molecule has 176 valence electrons. The van der Waals surface area contributed by atoms with Crippen LogP contribution in [0.2, 0.25) is 0 Å². The van der Waals surface area contributed by atoms with Gasteiger partial charge in [-0.15, -0.1) is 0 Å². The molecule has 6 nitrogen and oxygen atoms in total. The number of halogens is 6. The second-order valence-corrected chi connectivity index (χ2v) is 8.30. The molecule has 1 saturated heterocycles. The van der Waals surface area contributed by atoms with E-state index in [4.69, 9.17) is 12.2 Å². The molecule has 0 bridgehead atoms. The highest BCUT2D eigenvalue weighted by molar-refractivity contribution is 8.00. The molecule has 0 radical (unpaired) electrons. The van der Waals surface area contributed by atoms with Crippen molar-refractivity contribution < 1.29 is 40.7 Å². The fourth-order valence-electron chi connectivity index (χ4n) is 2.96. The number of thioether (sulfide) groups is 1. The summed E-state index contributed by atoms with van der Waals surface area (Å²) in [4.78, 5) is 29.6. The molecular formula is C19H13F6N3O3S2. The third-order valence-corrected chi connectivity index (χ3v) is 5.78. The number of ether oxygens (including phenoxy) is 1. The first-order valence-electron chi connectivity index (χ1n) is 8.93. The van der Waals surface area contributed by atoms with Gasteiger partial charge >= 0.3 is 23.7 Å². The molecule has 33 heavy (non-hydrogen) atoms. The van der Waals surface area contributed by atoms with Crippen LogP contribution in [0.3, 0.4) is 0 Å². The van der Waals surface area contributed by atoms with E-state index in [9.17, 15) is 35.9 Å². The van der Waals surface area contributed by atoms with Gasteiger partial charge in [0.1, 0.15) is 0 Å². The molecular weight excluding hydrogens is 496 g/mol. The summed E-state index contributed by atoms with van der Waals surface area (Å²) in [5.74, 6) is -2.56. The molecule has 0 spiro atoms. The summed E-state index contributed by atoms with van der Waals surface area (Å²) in [6.07, 6.45) is -2.57. The Morgan fingerprint density at radius 3 is 2.18 bits per heavy atom. The van der Waals surface area contributed by atoms with Crippen molar-refractivity contribution >= 4 is 46.7 Å². The molecule has 1 aromatic carbocycles. The first-order valence-corrected chi connectivity index (χ1v) is 10.2. The van der Waals surface area contributed by atoms with Crippen molar-refractivity contribution in [1.82, 2.24) is 9.88 Å². The van der Waals surface area contributed by atoms with Gasteiger partial charge in [-0.25, -0.2) is 9.59 Å². The summed E-state index contributed by atoms with van der Waals surface area (Å²) in [6, 6.07) is 6.52. The fraction of sp³-hybridized carbons (Fsp3) is 0.263. The van der Waals surface area contributed by atoms with E-state index in [1.165, 1.54) is 24.5 Å². The minimum absolute atomic E-state index is 0.0111. The molecule has 2 heterocycles. The van der Waals surface area contributed by atoms with Crippen molar-refractivity contribution in [2.45, 2.75) is 35.8 Å². The van der Waals surface area contributed by atoms with Crippen LogP contribution in [0, 0.1) is 0 Å². The first kappa shape index (κ1) is 24.8. The van der Waals surface area contributed by atoms with Gasteiger partial charge in [-0.05, 0) is 53.7 Å². The molecule has 1 fully saturated rings. The lowest BCUT2D eigenvalue weighted by atomic mass is 10.2. The highest BCUT2D eigenvalue weighted by Gasteiger charge is 2.57. The van der Waals surface area contributed by atoms with Crippen LogP contribution in [0.15, 0.2) is 53.7 Å². The monoisotopic (exact) mass is 509 g/mol. The van der Waals surface area contributed by atoms with Gasteiger partial charge in [0.05, 0.1) is 12.2 Å². The summed E-state index contributed by atoms with van der Waals surface area (Å²) in [6.45, 7) is 0.744. The van der Waals surface area contributed by atoms with E-state index >= 15 is 0 Å². The van der Waals surface area contributed by atoms with Crippen molar-refractivity contribution in [3.63, 3.8) is 0 Å². The summed E-state index contributed by atoms with van der Waals surface area (Å²) >= 11 is 4.83. The Labute approximate surface area is 192 Å². The Balaban J connectivity index is 1.98. The number of hydrogen-bond acceptors (Lipinski definition) is 6. The van der Waals surface area contributed by atoms with Crippen LogP contribution in [-0.2, 0) is 16.1 Å². The van der Waals surface area contributed by atoms with Crippen LogP contribution in [0.25, 0.3) is 0 Å². The number of amides is 2. The molecule has 3 rings (SSSR count). The highest BCUT2D eigenvalue weighted by atomic mass is 32.2. The van der Waals surface area contributed by atoms with Crippen molar-refractivity contribution in [2.24, 2.45) is 0 Å².